The summed E-state index contributed by atoms with van der Waals surface area (Å²) in [4.78, 5) is 3.96. The van der Waals surface area contributed by atoms with Gasteiger partial charge < -0.3 is 10.6 Å². The summed E-state index contributed by atoms with van der Waals surface area (Å²) >= 11 is 0. The first kappa shape index (κ1) is 17.0. The minimum absolute atomic E-state index is 0.0903. The quantitative estimate of drug-likeness (QED) is 0.587. The van der Waals surface area contributed by atoms with E-state index in [-0.39, 0.29) is 19.1 Å². The predicted molar refractivity (Wildman–Crippen MR) is 69.7 cm³/mol. The lowest BCUT2D eigenvalue weighted by molar-refractivity contribution is -0.0494. The second-order valence-corrected chi connectivity index (χ2v) is 6.30. The molecule has 0 aliphatic carbocycles. The molecule has 2 N–H and O–H groups in total. The second-order valence-electron chi connectivity index (χ2n) is 4.37. The Hall–Kier alpha value is -1.03. The Kier molecular flexibility index (Phi) is 5.63. The topological polar surface area (TPSA) is 73.8 Å². The van der Waals surface area contributed by atoms with Gasteiger partial charge in [-0.2, -0.15) is 17.5 Å². The van der Waals surface area contributed by atoms with Crippen LogP contribution in [0.5, 0.6) is 0 Å². The number of nitrogens with one attached hydrogen (secondary N) is 2. The molecule has 1 rings (SSSR count). The molecule has 1 fully saturated rings. The van der Waals surface area contributed by atoms with Gasteiger partial charge in [0.1, 0.15) is 0 Å². The van der Waals surface area contributed by atoms with Crippen LogP contribution in [0.3, 0.4) is 0 Å². The first-order valence-electron chi connectivity index (χ1n) is 6.26. The Balaban J connectivity index is 2.57. The molecule has 0 aromatic carbocycles. The summed E-state index contributed by atoms with van der Waals surface area (Å²) in [6.07, 6.45) is 0.611. The van der Waals surface area contributed by atoms with Gasteiger partial charge >= 0.3 is 15.5 Å². The molecule has 20 heavy (non-hydrogen) atoms. The number of rotatable bonds is 3. The molecule has 10 heteroatoms. The average molecular weight is 316 g/mol. The summed E-state index contributed by atoms with van der Waals surface area (Å²) in [7, 11) is -3.62. The third-order valence-electron chi connectivity index (χ3n) is 3.00. The number of halogens is 3. The first-order chi connectivity index (χ1) is 9.22. The summed E-state index contributed by atoms with van der Waals surface area (Å²) in [5.41, 5.74) is -5.23. The molecule has 0 aromatic rings. The van der Waals surface area contributed by atoms with Gasteiger partial charge in [0.15, 0.2) is 5.96 Å². The van der Waals surface area contributed by atoms with Crippen LogP contribution in [-0.4, -0.2) is 56.9 Å². The third-order valence-corrected chi connectivity index (χ3v) is 4.62. The Morgan fingerprint density at radius 1 is 1.35 bits per heavy atom. The molecule has 1 saturated heterocycles. The van der Waals surface area contributed by atoms with Crippen molar-refractivity contribution in [1.29, 1.82) is 0 Å². The van der Waals surface area contributed by atoms with Crippen molar-refractivity contribution < 1.29 is 21.6 Å². The smallest absolute Gasteiger partial charge is 0.357 e. The molecular weight excluding hydrogens is 297 g/mol. The van der Waals surface area contributed by atoms with Crippen LogP contribution < -0.4 is 10.6 Å². The van der Waals surface area contributed by atoms with Gasteiger partial charge in [-0.3, -0.25) is 4.99 Å². The third kappa shape index (κ3) is 3.98. The van der Waals surface area contributed by atoms with E-state index in [1.165, 1.54) is 0 Å². The average Bonchev–Trinajstić information content (AvgIpc) is 2.37. The molecule has 0 aromatic heterocycles. The molecule has 1 heterocycles. The number of aliphatic imine (C=N–C) groups is 1. The highest BCUT2D eigenvalue weighted by atomic mass is 32.2. The molecule has 0 saturated carbocycles. The zero-order valence-corrected chi connectivity index (χ0v) is 12.2. The van der Waals surface area contributed by atoms with E-state index in [9.17, 15) is 21.6 Å². The zero-order chi connectivity index (χ0) is 15.4. The highest BCUT2D eigenvalue weighted by molar-refractivity contribution is 7.90. The lowest BCUT2D eigenvalue weighted by Crippen LogP contribution is -2.51. The van der Waals surface area contributed by atoms with Gasteiger partial charge in [0, 0.05) is 32.7 Å². The van der Waals surface area contributed by atoms with Crippen LogP contribution in [0.4, 0.5) is 13.2 Å². The summed E-state index contributed by atoms with van der Waals surface area (Å²) in [5.74, 6) is 0.560. The molecule has 6 nitrogen and oxygen atoms in total. The number of sulfonamides is 1. The largest absolute Gasteiger partial charge is 0.511 e. The molecular formula is C10H19F3N4O2S. The molecule has 0 radical (unpaired) electrons. The number of hydrogen-bond donors (Lipinski definition) is 2. The van der Waals surface area contributed by atoms with E-state index in [4.69, 9.17) is 0 Å². The number of hydrogen-bond acceptors (Lipinski definition) is 3. The molecule has 0 amide bonds. The summed E-state index contributed by atoms with van der Waals surface area (Å²) in [6, 6.07) is -0.0903. The van der Waals surface area contributed by atoms with Gasteiger partial charge in [-0.05, 0) is 19.8 Å². The second kappa shape index (κ2) is 6.61. The van der Waals surface area contributed by atoms with Crippen molar-refractivity contribution in [3.63, 3.8) is 0 Å². The standard InChI is InChI=1S/C10H19F3N4O2S/c1-3-15-9(14-2)16-8-4-6-17(7-5-8)20(18,19)10(11,12)13/h8H,3-7H2,1-2H3,(H2,14,15,16). The van der Waals surface area contributed by atoms with Crippen molar-refractivity contribution in [1.82, 2.24) is 14.9 Å². The van der Waals surface area contributed by atoms with Crippen LogP contribution in [0, 0.1) is 0 Å². The van der Waals surface area contributed by atoms with E-state index in [1.807, 2.05) is 6.92 Å². The number of alkyl halides is 3. The van der Waals surface area contributed by atoms with Crippen molar-refractivity contribution >= 4 is 16.0 Å². The molecule has 0 unspecified atom stereocenters. The van der Waals surface area contributed by atoms with Crippen molar-refractivity contribution in [2.24, 2.45) is 4.99 Å². The van der Waals surface area contributed by atoms with E-state index >= 15 is 0 Å². The van der Waals surface area contributed by atoms with Crippen LogP contribution in [0.25, 0.3) is 0 Å². The van der Waals surface area contributed by atoms with E-state index in [2.05, 4.69) is 15.6 Å². The SMILES string of the molecule is CCNC(=NC)NC1CCN(S(=O)(=O)C(F)(F)F)CC1. The van der Waals surface area contributed by atoms with Crippen molar-refractivity contribution in [3.05, 3.63) is 0 Å². The van der Waals surface area contributed by atoms with Crippen LogP contribution in [-0.2, 0) is 10.0 Å². The van der Waals surface area contributed by atoms with E-state index < -0.39 is 15.5 Å². The molecule has 0 atom stereocenters. The summed E-state index contributed by atoms with van der Waals surface area (Å²) in [5, 5.41) is 6.03. The Morgan fingerprint density at radius 2 is 1.90 bits per heavy atom. The first-order valence-corrected chi connectivity index (χ1v) is 7.70. The number of guanidine groups is 1. The minimum atomic E-state index is -5.23. The van der Waals surface area contributed by atoms with E-state index in [1.54, 1.807) is 7.05 Å². The highest BCUT2D eigenvalue weighted by Crippen LogP contribution is 2.28. The maximum Gasteiger partial charge on any atom is 0.511 e. The number of piperidine rings is 1. The van der Waals surface area contributed by atoms with E-state index in [0.29, 0.717) is 29.7 Å². The number of nitrogens with zero attached hydrogens (tertiary/aromatic N) is 2. The fraction of sp³-hybridized carbons (Fsp3) is 0.900. The molecule has 1 aliphatic heterocycles. The van der Waals surface area contributed by atoms with Gasteiger partial charge in [-0.1, -0.05) is 0 Å². The zero-order valence-electron chi connectivity index (χ0n) is 11.4. The monoisotopic (exact) mass is 316 g/mol. The van der Waals surface area contributed by atoms with Crippen LogP contribution in [0.15, 0.2) is 4.99 Å². The molecule has 118 valence electrons. The van der Waals surface area contributed by atoms with Crippen LogP contribution >= 0.6 is 0 Å². The molecule has 1 aliphatic rings. The van der Waals surface area contributed by atoms with E-state index in [0.717, 1.165) is 0 Å². The Bertz CT molecular complexity index is 442. The van der Waals surface area contributed by atoms with Gasteiger partial charge in [-0.25, -0.2) is 8.42 Å². The van der Waals surface area contributed by atoms with Crippen LogP contribution in [0.1, 0.15) is 19.8 Å². The maximum atomic E-state index is 12.4. The normalized spacial score (nSPS) is 19.9. The van der Waals surface area contributed by atoms with Crippen molar-refractivity contribution in [2.75, 3.05) is 26.7 Å². The summed E-state index contributed by atoms with van der Waals surface area (Å²) < 4.78 is 60.2. The minimum Gasteiger partial charge on any atom is -0.357 e. The van der Waals surface area contributed by atoms with Gasteiger partial charge in [0.25, 0.3) is 0 Å². The predicted octanol–water partition coefficient (Wildman–Crippen LogP) is 0.485. The molecule has 0 bridgehead atoms. The van der Waals surface area contributed by atoms with Gasteiger partial charge in [0.2, 0.25) is 0 Å². The highest BCUT2D eigenvalue weighted by Gasteiger charge is 2.50. The lowest BCUT2D eigenvalue weighted by atomic mass is 10.1. The fourth-order valence-electron chi connectivity index (χ4n) is 1.94. The lowest BCUT2D eigenvalue weighted by Gasteiger charge is -2.32. The Morgan fingerprint density at radius 3 is 2.30 bits per heavy atom. The Labute approximate surface area is 116 Å². The fourth-order valence-corrected chi connectivity index (χ4v) is 2.93. The van der Waals surface area contributed by atoms with Gasteiger partial charge in [-0.15, -0.1) is 0 Å². The maximum absolute atomic E-state index is 12.4. The van der Waals surface area contributed by atoms with Gasteiger partial charge in [0.05, 0.1) is 0 Å². The van der Waals surface area contributed by atoms with Crippen molar-refractivity contribution in [2.45, 2.75) is 31.3 Å². The van der Waals surface area contributed by atoms with Crippen LogP contribution in [0.2, 0.25) is 0 Å². The molecule has 0 spiro atoms. The summed E-state index contributed by atoms with van der Waals surface area (Å²) in [6.45, 7) is 2.26. The van der Waals surface area contributed by atoms with Crippen molar-refractivity contribution in [3.8, 4) is 0 Å².